The number of nitro groups is 1. The van der Waals surface area contributed by atoms with E-state index < -0.39 is 14.9 Å². The quantitative estimate of drug-likeness (QED) is 0.412. The molecule has 138 valence electrons. The maximum atomic E-state index is 12.8. The molecule has 0 atom stereocenters. The number of hydrogen-bond acceptors (Lipinski definition) is 6. The van der Waals surface area contributed by atoms with Crippen molar-refractivity contribution in [2.45, 2.75) is 25.2 Å². The molecule has 0 aromatic heterocycles. The molecular formula is C16H17ClN4O4S. The Morgan fingerprint density at radius 3 is 2.54 bits per heavy atom. The van der Waals surface area contributed by atoms with E-state index in [1.165, 1.54) is 24.3 Å². The molecule has 2 aromatic carbocycles. The third kappa shape index (κ3) is 4.70. The molecule has 2 aromatic rings. The van der Waals surface area contributed by atoms with Gasteiger partial charge in [-0.2, -0.15) is 5.10 Å². The summed E-state index contributed by atoms with van der Waals surface area (Å²) in [6.07, 6.45) is 0.667. The number of nitrogens with one attached hydrogen (secondary N) is 2. The van der Waals surface area contributed by atoms with E-state index >= 15 is 0 Å². The van der Waals surface area contributed by atoms with E-state index in [4.69, 9.17) is 11.6 Å². The standard InChI is InChI=1S/C16H17ClN4O4S/c1-3-11(2)18-19-15-9-8-12(21(22)23)10-16(15)26(24,25)20-14-7-5-4-6-13(14)17/h4-10,19-20H,3H2,1-2H3. The predicted molar refractivity (Wildman–Crippen MR) is 102 cm³/mol. The monoisotopic (exact) mass is 396 g/mol. The number of anilines is 2. The number of hydrazone groups is 1. The van der Waals surface area contributed by atoms with Crippen LogP contribution in [0.5, 0.6) is 0 Å². The third-order valence-corrected chi connectivity index (χ3v) is 5.20. The molecule has 10 heteroatoms. The largest absolute Gasteiger partial charge is 0.278 e. The number of non-ortho nitro benzene ring substituents is 1. The van der Waals surface area contributed by atoms with Gasteiger partial charge in [0.2, 0.25) is 0 Å². The lowest BCUT2D eigenvalue weighted by molar-refractivity contribution is -0.385. The molecule has 0 fully saturated rings. The van der Waals surface area contributed by atoms with Gasteiger partial charge in [0.05, 0.1) is 21.3 Å². The van der Waals surface area contributed by atoms with Crippen molar-refractivity contribution in [1.82, 2.24) is 0 Å². The lowest BCUT2D eigenvalue weighted by Crippen LogP contribution is -2.15. The highest BCUT2D eigenvalue weighted by atomic mass is 35.5. The highest BCUT2D eigenvalue weighted by molar-refractivity contribution is 7.93. The lowest BCUT2D eigenvalue weighted by atomic mass is 10.3. The van der Waals surface area contributed by atoms with Gasteiger partial charge in [-0.1, -0.05) is 30.7 Å². The molecule has 2 N–H and O–H groups in total. The van der Waals surface area contributed by atoms with Crippen LogP contribution in [0, 0.1) is 10.1 Å². The number of halogens is 1. The van der Waals surface area contributed by atoms with Gasteiger partial charge in [-0.25, -0.2) is 8.42 Å². The van der Waals surface area contributed by atoms with E-state index in [0.29, 0.717) is 6.42 Å². The van der Waals surface area contributed by atoms with Gasteiger partial charge in [0, 0.05) is 17.8 Å². The van der Waals surface area contributed by atoms with Crippen molar-refractivity contribution in [1.29, 1.82) is 0 Å². The Morgan fingerprint density at radius 1 is 1.23 bits per heavy atom. The summed E-state index contributed by atoms with van der Waals surface area (Å²) in [5, 5.41) is 15.3. The Bertz CT molecular complexity index is 960. The van der Waals surface area contributed by atoms with Gasteiger partial charge in [-0.15, -0.1) is 0 Å². The van der Waals surface area contributed by atoms with E-state index in [9.17, 15) is 18.5 Å². The van der Waals surface area contributed by atoms with E-state index in [1.54, 1.807) is 19.1 Å². The van der Waals surface area contributed by atoms with Gasteiger partial charge in [-0.3, -0.25) is 20.3 Å². The summed E-state index contributed by atoms with van der Waals surface area (Å²) < 4.78 is 27.9. The molecule has 0 bridgehead atoms. The zero-order valence-electron chi connectivity index (χ0n) is 14.1. The maximum absolute atomic E-state index is 12.8. The van der Waals surface area contributed by atoms with Crippen molar-refractivity contribution in [2.75, 3.05) is 10.1 Å². The summed E-state index contributed by atoms with van der Waals surface area (Å²) in [6.45, 7) is 3.67. The van der Waals surface area contributed by atoms with Gasteiger partial charge in [0.25, 0.3) is 15.7 Å². The summed E-state index contributed by atoms with van der Waals surface area (Å²) in [4.78, 5) is 10.1. The van der Waals surface area contributed by atoms with Crippen molar-refractivity contribution in [3.8, 4) is 0 Å². The highest BCUT2D eigenvalue weighted by Crippen LogP contribution is 2.30. The van der Waals surface area contributed by atoms with Crippen molar-refractivity contribution in [3.05, 3.63) is 57.6 Å². The second-order valence-electron chi connectivity index (χ2n) is 5.34. The SMILES string of the molecule is CCC(C)=NNc1ccc([N+](=O)[O-])cc1S(=O)(=O)Nc1ccccc1Cl. The van der Waals surface area contributed by atoms with E-state index in [1.807, 2.05) is 6.92 Å². The predicted octanol–water partition coefficient (Wildman–Crippen LogP) is 4.25. The van der Waals surface area contributed by atoms with Crippen LogP contribution in [0.2, 0.25) is 5.02 Å². The minimum absolute atomic E-state index is 0.114. The van der Waals surface area contributed by atoms with Crippen molar-refractivity contribution >= 4 is 44.4 Å². The minimum Gasteiger partial charge on any atom is -0.278 e. The van der Waals surface area contributed by atoms with Gasteiger partial charge >= 0.3 is 0 Å². The van der Waals surface area contributed by atoms with Crippen LogP contribution in [0.1, 0.15) is 20.3 Å². The molecule has 0 spiro atoms. The fraction of sp³-hybridized carbons (Fsp3) is 0.188. The zero-order valence-corrected chi connectivity index (χ0v) is 15.6. The van der Waals surface area contributed by atoms with Gasteiger partial charge < -0.3 is 0 Å². The summed E-state index contributed by atoms with van der Waals surface area (Å²) in [6, 6.07) is 9.76. The van der Waals surface area contributed by atoms with Gasteiger partial charge in [0.1, 0.15) is 4.90 Å². The van der Waals surface area contributed by atoms with Crippen molar-refractivity contribution < 1.29 is 13.3 Å². The second-order valence-corrected chi connectivity index (χ2v) is 7.39. The fourth-order valence-corrected chi connectivity index (χ4v) is 3.41. The zero-order chi connectivity index (χ0) is 19.3. The van der Waals surface area contributed by atoms with Crippen LogP contribution in [0.3, 0.4) is 0 Å². The van der Waals surface area contributed by atoms with Crippen LogP contribution < -0.4 is 10.1 Å². The summed E-state index contributed by atoms with van der Waals surface area (Å²) in [7, 11) is -4.15. The number of nitrogens with zero attached hydrogens (tertiary/aromatic N) is 2. The van der Waals surface area contributed by atoms with Crippen LogP contribution in [-0.2, 0) is 10.0 Å². The summed E-state index contributed by atoms with van der Waals surface area (Å²) >= 11 is 5.99. The van der Waals surface area contributed by atoms with Crippen LogP contribution in [0.15, 0.2) is 52.5 Å². The first kappa shape index (κ1) is 19.7. The normalized spacial score (nSPS) is 11.9. The highest BCUT2D eigenvalue weighted by Gasteiger charge is 2.23. The number of benzene rings is 2. The molecule has 0 aliphatic heterocycles. The molecular weight excluding hydrogens is 380 g/mol. The molecule has 0 saturated heterocycles. The molecule has 0 amide bonds. The van der Waals surface area contributed by atoms with E-state index in [2.05, 4.69) is 15.2 Å². The summed E-state index contributed by atoms with van der Waals surface area (Å²) in [5.74, 6) is 0. The molecule has 0 radical (unpaired) electrons. The van der Waals surface area contributed by atoms with Gasteiger partial charge in [0.15, 0.2) is 0 Å². The number of hydrogen-bond donors (Lipinski definition) is 2. The molecule has 0 aliphatic rings. The maximum Gasteiger partial charge on any atom is 0.270 e. The Kier molecular flexibility index (Phi) is 6.17. The van der Waals surface area contributed by atoms with Crippen molar-refractivity contribution in [3.63, 3.8) is 0 Å². The van der Waals surface area contributed by atoms with Gasteiger partial charge in [-0.05, 0) is 31.5 Å². The Labute approximate surface area is 156 Å². The first-order valence-corrected chi connectivity index (χ1v) is 9.45. The first-order chi connectivity index (χ1) is 12.2. The van der Waals surface area contributed by atoms with Crippen LogP contribution in [-0.4, -0.2) is 19.1 Å². The number of rotatable bonds is 7. The smallest absolute Gasteiger partial charge is 0.270 e. The second kappa shape index (κ2) is 8.15. The number of nitro benzene ring substituents is 1. The average Bonchev–Trinajstić information content (AvgIpc) is 2.61. The van der Waals surface area contributed by atoms with Crippen LogP contribution >= 0.6 is 11.6 Å². The molecule has 0 heterocycles. The Hall–Kier alpha value is -2.65. The molecule has 0 aliphatic carbocycles. The third-order valence-electron chi connectivity index (χ3n) is 3.46. The van der Waals surface area contributed by atoms with Crippen molar-refractivity contribution in [2.24, 2.45) is 5.10 Å². The average molecular weight is 397 g/mol. The number of para-hydroxylation sites is 1. The minimum atomic E-state index is -4.15. The molecule has 0 saturated carbocycles. The Morgan fingerprint density at radius 2 is 1.92 bits per heavy atom. The van der Waals surface area contributed by atoms with Crippen LogP contribution in [0.25, 0.3) is 0 Å². The fourth-order valence-electron chi connectivity index (χ4n) is 1.92. The lowest BCUT2D eigenvalue weighted by Gasteiger charge is -2.13. The molecule has 26 heavy (non-hydrogen) atoms. The Balaban J connectivity index is 2.51. The van der Waals surface area contributed by atoms with E-state index in [-0.39, 0.29) is 27.0 Å². The summed E-state index contributed by atoms with van der Waals surface area (Å²) in [5.41, 5.74) is 3.32. The molecule has 0 unspecified atom stereocenters. The van der Waals surface area contributed by atoms with E-state index in [0.717, 1.165) is 11.8 Å². The number of sulfonamides is 1. The topological polar surface area (TPSA) is 114 Å². The van der Waals surface area contributed by atoms with Crippen LogP contribution in [0.4, 0.5) is 17.1 Å². The molecule has 8 nitrogen and oxygen atoms in total. The first-order valence-electron chi connectivity index (χ1n) is 7.59. The molecule has 2 rings (SSSR count).